The van der Waals surface area contributed by atoms with Gasteiger partial charge >= 0.3 is 0 Å². The molecular weight excluding hydrogens is 166 g/mol. The molecule has 1 aliphatic heterocycles. The minimum atomic E-state index is 1.29. The van der Waals surface area contributed by atoms with Crippen LogP contribution in [0.25, 0.3) is 0 Å². The Morgan fingerprint density at radius 3 is 2.67 bits per heavy atom. The van der Waals surface area contributed by atoms with Gasteiger partial charge in [-0.15, -0.1) is 0 Å². The monoisotopic (exact) mass is 183 g/mol. The Balaban J connectivity index is 1.92. The third-order valence-electron chi connectivity index (χ3n) is 2.68. The summed E-state index contributed by atoms with van der Waals surface area (Å²) in [5, 5.41) is 0. The largest absolute Gasteiger partial charge is 0.373 e. The fourth-order valence-electron chi connectivity index (χ4n) is 1.96. The van der Waals surface area contributed by atoms with Gasteiger partial charge in [-0.05, 0) is 25.7 Å². The van der Waals surface area contributed by atoms with Gasteiger partial charge in [0.25, 0.3) is 0 Å². The minimum absolute atomic E-state index is 1.29. The van der Waals surface area contributed by atoms with Gasteiger partial charge in [-0.2, -0.15) is 11.8 Å². The topological polar surface area (TPSA) is 3.24 Å². The maximum atomic E-state index is 2.59. The van der Waals surface area contributed by atoms with Crippen LogP contribution >= 0.6 is 11.8 Å². The van der Waals surface area contributed by atoms with E-state index in [9.17, 15) is 0 Å². The van der Waals surface area contributed by atoms with E-state index in [0.717, 1.165) is 0 Å². The molecule has 0 unspecified atom stereocenters. The van der Waals surface area contributed by atoms with Gasteiger partial charge in [0.05, 0.1) is 0 Å². The summed E-state index contributed by atoms with van der Waals surface area (Å²) in [7, 11) is 0. The second-order valence-electron chi connectivity index (χ2n) is 3.54. The lowest BCUT2D eigenvalue weighted by Crippen LogP contribution is -2.32. The Morgan fingerprint density at radius 2 is 2.00 bits per heavy atom. The average molecular weight is 183 g/mol. The molecule has 12 heavy (non-hydrogen) atoms. The minimum Gasteiger partial charge on any atom is -0.373 e. The van der Waals surface area contributed by atoms with Gasteiger partial charge in [-0.3, -0.25) is 0 Å². The summed E-state index contributed by atoms with van der Waals surface area (Å²) >= 11 is 2.09. The molecule has 0 N–H and O–H groups in total. The Morgan fingerprint density at radius 1 is 1.17 bits per heavy atom. The SMILES string of the molecule is C1=C(N2CCSCC2)CCCC1. The zero-order valence-electron chi connectivity index (χ0n) is 7.59. The van der Waals surface area contributed by atoms with Gasteiger partial charge in [0.1, 0.15) is 0 Å². The zero-order valence-corrected chi connectivity index (χ0v) is 8.41. The second kappa shape index (κ2) is 4.22. The van der Waals surface area contributed by atoms with E-state index < -0.39 is 0 Å². The summed E-state index contributed by atoms with van der Waals surface area (Å²) in [6.07, 6.45) is 7.94. The van der Waals surface area contributed by atoms with Crippen molar-refractivity contribution in [2.75, 3.05) is 24.6 Å². The lowest BCUT2D eigenvalue weighted by molar-refractivity contribution is 0.354. The van der Waals surface area contributed by atoms with Crippen LogP contribution in [0.2, 0.25) is 0 Å². The molecule has 2 heteroatoms. The lowest BCUT2D eigenvalue weighted by Gasteiger charge is -2.32. The van der Waals surface area contributed by atoms with Crippen molar-refractivity contribution in [2.24, 2.45) is 0 Å². The number of rotatable bonds is 1. The smallest absolute Gasteiger partial charge is 0.0266 e. The van der Waals surface area contributed by atoms with Crippen LogP contribution in [0.5, 0.6) is 0 Å². The average Bonchev–Trinajstić information content (AvgIpc) is 2.21. The molecular formula is C10H17NS. The third-order valence-corrected chi connectivity index (χ3v) is 3.63. The molecule has 1 heterocycles. The molecule has 0 aromatic carbocycles. The van der Waals surface area contributed by atoms with Crippen LogP contribution in [0, 0.1) is 0 Å². The van der Waals surface area contributed by atoms with Crippen LogP contribution in [0.3, 0.4) is 0 Å². The van der Waals surface area contributed by atoms with Crippen molar-refractivity contribution < 1.29 is 0 Å². The van der Waals surface area contributed by atoms with E-state index in [1.165, 1.54) is 50.3 Å². The van der Waals surface area contributed by atoms with Gasteiger partial charge in [-0.25, -0.2) is 0 Å². The van der Waals surface area contributed by atoms with E-state index in [0.29, 0.717) is 0 Å². The quantitative estimate of drug-likeness (QED) is 0.614. The summed E-state index contributed by atoms with van der Waals surface area (Å²) in [5.74, 6) is 2.66. The number of thioether (sulfide) groups is 1. The molecule has 1 saturated heterocycles. The molecule has 0 spiro atoms. The normalized spacial score (nSPS) is 25.3. The maximum absolute atomic E-state index is 2.59. The predicted octanol–water partition coefficient (Wildman–Crippen LogP) is 2.49. The molecule has 0 amide bonds. The Kier molecular flexibility index (Phi) is 2.98. The standard InChI is InChI=1S/C10H17NS/c1-2-4-10(5-3-1)11-6-8-12-9-7-11/h4H,1-3,5-9H2. The van der Waals surface area contributed by atoms with Gasteiger partial charge < -0.3 is 4.90 Å². The van der Waals surface area contributed by atoms with Crippen LogP contribution in [0.1, 0.15) is 25.7 Å². The first kappa shape index (κ1) is 8.49. The highest BCUT2D eigenvalue weighted by molar-refractivity contribution is 7.99. The van der Waals surface area contributed by atoms with Gasteiger partial charge in [-0.1, -0.05) is 6.08 Å². The first-order valence-corrected chi connectivity index (χ1v) is 6.14. The fourth-order valence-corrected chi connectivity index (χ4v) is 2.86. The molecule has 1 fully saturated rings. The molecule has 0 bridgehead atoms. The van der Waals surface area contributed by atoms with Crippen LogP contribution < -0.4 is 0 Å². The zero-order chi connectivity index (χ0) is 8.23. The molecule has 0 saturated carbocycles. The predicted molar refractivity (Wildman–Crippen MR) is 55.4 cm³/mol. The number of hydrogen-bond acceptors (Lipinski definition) is 2. The van der Waals surface area contributed by atoms with Gasteiger partial charge in [0, 0.05) is 30.3 Å². The summed E-state index contributed by atoms with van der Waals surface area (Å²) in [6.45, 7) is 2.58. The highest BCUT2D eigenvalue weighted by Gasteiger charge is 2.14. The fraction of sp³-hybridized carbons (Fsp3) is 0.800. The van der Waals surface area contributed by atoms with Crippen LogP contribution in [0.4, 0.5) is 0 Å². The molecule has 2 rings (SSSR count). The van der Waals surface area contributed by atoms with Crippen molar-refractivity contribution in [3.63, 3.8) is 0 Å². The Bertz CT molecular complexity index is 171. The van der Waals surface area contributed by atoms with Crippen molar-refractivity contribution in [1.29, 1.82) is 0 Å². The Hall–Kier alpha value is -0.110. The Labute approximate surface area is 79.2 Å². The van der Waals surface area contributed by atoms with Crippen LogP contribution in [0.15, 0.2) is 11.8 Å². The third kappa shape index (κ3) is 1.98. The van der Waals surface area contributed by atoms with Crippen molar-refractivity contribution in [3.8, 4) is 0 Å². The number of allylic oxidation sites excluding steroid dienone is 2. The number of hydrogen-bond donors (Lipinski definition) is 0. The first-order valence-electron chi connectivity index (χ1n) is 4.98. The molecule has 0 aromatic rings. The van der Waals surface area contributed by atoms with Gasteiger partial charge in [0.15, 0.2) is 0 Å². The summed E-state index contributed by atoms with van der Waals surface area (Å²) in [6, 6.07) is 0. The number of nitrogens with zero attached hydrogens (tertiary/aromatic N) is 1. The highest BCUT2D eigenvalue weighted by Crippen LogP contribution is 2.23. The van der Waals surface area contributed by atoms with Crippen molar-refractivity contribution in [1.82, 2.24) is 4.90 Å². The molecule has 0 atom stereocenters. The lowest BCUT2D eigenvalue weighted by atomic mass is 10.0. The second-order valence-corrected chi connectivity index (χ2v) is 4.77. The summed E-state index contributed by atoms with van der Waals surface area (Å²) in [4.78, 5) is 2.59. The summed E-state index contributed by atoms with van der Waals surface area (Å²) in [5.41, 5.74) is 1.64. The molecule has 0 radical (unpaired) electrons. The van der Waals surface area contributed by atoms with Crippen molar-refractivity contribution in [2.45, 2.75) is 25.7 Å². The molecule has 1 aliphatic carbocycles. The maximum Gasteiger partial charge on any atom is 0.0266 e. The van der Waals surface area contributed by atoms with E-state index >= 15 is 0 Å². The van der Waals surface area contributed by atoms with E-state index in [2.05, 4.69) is 22.7 Å². The van der Waals surface area contributed by atoms with Crippen molar-refractivity contribution >= 4 is 11.8 Å². The van der Waals surface area contributed by atoms with Crippen molar-refractivity contribution in [3.05, 3.63) is 11.8 Å². The van der Waals surface area contributed by atoms with E-state index in [4.69, 9.17) is 0 Å². The molecule has 68 valence electrons. The molecule has 1 nitrogen and oxygen atoms in total. The van der Waals surface area contributed by atoms with Crippen LogP contribution in [-0.4, -0.2) is 29.5 Å². The van der Waals surface area contributed by atoms with E-state index in [-0.39, 0.29) is 0 Å². The first-order chi connectivity index (χ1) is 5.97. The molecule has 2 aliphatic rings. The molecule has 0 aromatic heterocycles. The summed E-state index contributed by atoms with van der Waals surface area (Å²) < 4.78 is 0. The van der Waals surface area contributed by atoms with Crippen LogP contribution in [-0.2, 0) is 0 Å². The van der Waals surface area contributed by atoms with Gasteiger partial charge in [0.2, 0.25) is 0 Å². The van der Waals surface area contributed by atoms with E-state index in [1.807, 2.05) is 0 Å². The van der Waals surface area contributed by atoms with E-state index in [1.54, 1.807) is 5.70 Å². The highest BCUT2D eigenvalue weighted by atomic mass is 32.2.